The van der Waals surface area contributed by atoms with Crippen molar-refractivity contribution in [1.82, 2.24) is 24.7 Å². The molecule has 8 nitrogen and oxygen atoms in total. The van der Waals surface area contributed by atoms with Crippen molar-refractivity contribution >= 4 is 17.2 Å². The molecule has 2 saturated heterocycles. The molecule has 0 radical (unpaired) electrons. The van der Waals surface area contributed by atoms with E-state index in [2.05, 4.69) is 25.0 Å². The maximum Gasteiger partial charge on any atom is 0.216 e. The maximum absolute atomic E-state index is 10.5. The summed E-state index contributed by atoms with van der Waals surface area (Å²) in [5.74, 6) is 1.50. The highest BCUT2D eigenvalue weighted by molar-refractivity contribution is 7.15. The Balaban J connectivity index is 1.37. The van der Waals surface area contributed by atoms with Crippen molar-refractivity contribution in [2.24, 2.45) is 5.41 Å². The van der Waals surface area contributed by atoms with Crippen LogP contribution >= 0.6 is 11.3 Å². The molecular weight excluding hydrogens is 400 g/mol. The summed E-state index contributed by atoms with van der Waals surface area (Å²) in [5.41, 5.74) is 2.06. The molecule has 0 atom stereocenters. The molecule has 9 heteroatoms. The standard InChI is InChI=1S/C21H26N6O2S/c1-14-20(30-15(2)24-14)16-11-19(28)27(25-16)18-12-17(22-13-23-18)26-7-3-21(4-8-26)5-9-29-10-6-21/h11-13,28H,3-10H2,1-2H3. The minimum Gasteiger partial charge on any atom is -0.493 e. The Labute approximate surface area is 179 Å². The minimum atomic E-state index is 0.0555. The summed E-state index contributed by atoms with van der Waals surface area (Å²) in [5, 5.41) is 16.1. The molecule has 1 spiro atoms. The van der Waals surface area contributed by atoms with Crippen LogP contribution < -0.4 is 4.90 Å². The Morgan fingerprint density at radius 3 is 2.47 bits per heavy atom. The first-order chi connectivity index (χ1) is 14.5. The van der Waals surface area contributed by atoms with Gasteiger partial charge in [-0.15, -0.1) is 11.3 Å². The molecule has 0 aliphatic carbocycles. The Morgan fingerprint density at radius 2 is 1.77 bits per heavy atom. The molecule has 5 rings (SSSR count). The summed E-state index contributed by atoms with van der Waals surface area (Å²) in [4.78, 5) is 16.6. The predicted octanol–water partition coefficient (Wildman–Crippen LogP) is 3.51. The van der Waals surface area contributed by atoms with E-state index in [1.54, 1.807) is 23.7 Å². The van der Waals surface area contributed by atoms with E-state index in [0.29, 0.717) is 16.9 Å². The van der Waals surface area contributed by atoms with Gasteiger partial charge in [0, 0.05) is 38.4 Å². The van der Waals surface area contributed by atoms with Gasteiger partial charge in [-0.05, 0) is 44.9 Å². The van der Waals surface area contributed by atoms with Crippen LogP contribution in [0.1, 0.15) is 36.4 Å². The molecule has 0 aromatic carbocycles. The van der Waals surface area contributed by atoms with Crippen molar-refractivity contribution in [2.45, 2.75) is 39.5 Å². The third kappa shape index (κ3) is 3.56. The van der Waals surface area contributed by atoms with Crippen LogP contribution in [-0.2, 0) is 4.74 Å². The fraction of sp³-hybridized carbons (Fsp3) is 0.524. The van der Waals surface area contributed by atoms with E-state index in [9.17, 15) is 5.11 Å². The van der Waals surface area contributed by atoms with Crippen LogP contribution in [0.5, 0.6) is 5.88 Å². The molecule has 5 heterocycles. The summed E-state index contributed by atoms with van der Waals surface area (Å²) in [6, 6.07) is 3.57. The van der Waals surface area contributed by atoms with Gasteiger partial charge in [-0.1, -0.05) is 0 Å². The molecular formula is C21H26N6O2S. The SMILES string of the molecule is Cc1nc(C)c(-c2cc(O)n(-c3cc(N4CCC5(CCOCC5)CC4)ncn3)n2)s1. The van der Waals surface area contributed by atoms with E-state index >= 15 is 0 Å². The van der Waals surface area contributed by atoms with Gasteiger partial charge in [0.2, 0.25) is 5.88 Å². The van der Waals surface area contributed by atoms with Crippen molar-refractivity contribution in [2.75, 3.05) is 31.2 Å². The molecule has 3 aromatic heterocycles. The van der Waals surface area contributed by atoms with Crippen molar-refractivity contribution in [3.8, 4) is 22.3 Å². The lowest BCUT2D eigenvalue weighted by molar-refractivity contribution is 0.00206. The van der Waals surface area contributed by atoms with Gasteiger partial charge in [0.25, 0.3) is 0 Å². The first kappa shape index (κ1) is 19.4. The van der Waals surface area contributed by atoms with Crippen molar-refractivity contribution in [3.05, 3.63) is 29.2 Å². The number of aryl methyl sites for hydroxylation is 2. The Morgan fingerprint density at radius 1 is 1.03 bits per heavy atom. The van der Waals surface area contributed by atoms with Crippen LogP contribution in [-0.4, -0.2) is 56.1 Å². The smallest absolute Gasteiger partial charge is 0.216 e. The zero-order chi connectivity index (χ0) is 20.7. The molecule has 2 fully saturated rings. The molecule has 0 amide bonds. The number of aromatic hydroxyl groups is 1. The summed E-state index contributed by atoms with van der Waals surface area (Å²) >= 11 is 1.57. The highest BCUT2D eigenvalue weighted by atomic mass is 32.1. The number of thiazole rings is 1. The lowest BCUT2D eigenvalue weighted by Crippen LogP contribution is -2.43. The average Bonchev–Trinajstić information content (AvgIpc) is 3.30. The van der Waals surface area contributed by atoms with Gasteiger partial charge >= 0.3 is 0 Å². The first-order valence-corrected chi connectivity index (χ1v) is 11.2. The lowest BCUT2D eigenvalue weighted by atomic mass is 9.72. The van der Waals surface area contributed by atoms with Crippen LogP contribution in [0.2, 0.25) is 0 Å². The lowest BCUT2D eigenvalue weighted by Gasteiger charge is -2.44. The molecule has 30 heavy (non-hydrogen) atoms. The highest BCUT2D eigenvalue weighted by Gasteiger charge is 2.36. The monoisotopic (exact) mass is 426 g/mol. The molecule has 2 aliphatic rings. The third-order valence-electron chi connectivity index (χ3n) is 6.38. The number of ether oxygens (including phenoxy) is 1. The van der Waals surface area contributed by atoms with Gasteiger partial charge in [0.15, 0.2) is 5.82 Å². The quantitative estimate of drug-likeness (QED) is 0.685. The fourth-order valence-electron chi connectivity index (χ4n) is 4.56. The first-order valence-electron chi connectivity index (χ1n) is 10.4. The topological polar surface area (TPSA) is 89.2 Å². The van der Waals surface area contributed by atoms with Gasteiger partial charge in [-0.3, -0.25) is 0 Å². The number of anilines is 1. The zero-order valence-corrected chi connectivity index (χ0v) is 18.2. The second-order valence-electron chi connectivity index (χ2n) is 8.28. The zero-order valence-electron chi connectivity index (χ0n) is 17.3. The number of rotatable bonds is 3. The van der Waals surface area contributed by atoms with Gasteiger partial charge in [0.05, 0.1) is 15.6 Å². The van der Waals surface area contributed by atoms with Crippen LogP contribution in [0, 0.1) is 19.3 Å². The molecule has 0 unspecified atom stereocenters. The number of hydrogen-bond acceptors (Lipinski definition) is 8. The van der Waals surface area contributed by atoms with Crippen LogP contribution in [0.25, 0.3) is 16.4 Å². The number of aromatic nitrogens is 5. The fourth-order valence-corrected chi connectivity index (χ4v) is 5.44. The van der Waals surface area contributed by atoms with Gasteiger partial charge in [-0.25, -0.2) is 15.0 Å². The van der Waals surface area contributed by atoms with E-state index in [1.165, 1.54) is 4.68 Å². The van der Waals surface area contributed by atoms with E-state index in [4.69, 9.17) is 4.74 Å². The van der Waals surface area contributed by atoms with Crippen LogP contribution in [0.4, 0.5) is 5.82 Å². The van der Waals surface area contributed by atoms with Crippen molar-refractivity contribution < 1.29 is 9.84 Å². The largest absolute Gasteiger partial charge is 0.493 e. The second kappa shape index (κ2) is 7.63. The average molecular weight is 427 g/mol. The van der Waals surface area contributed by atoms with E-state index < -0.39 is 0 Å². The molecule has 0 saturated carbocycles. The Bertz CT molecular complexity index is 1050. The number of piperidine rings is 1. The van der Waals surface area contributed by atoms with E-state index in [0.717, 1.165) is 73.4 Å². The summed E-state index contributed by atoms with van der Waals surface area (Å²) in [6.07, 6.45) is 6.20. The summed E-state index contributed by atoms with van der Waals surface area (Å²) in [7, 11) is 0. The number of nitrogens with zero attached hydrogens (tertiary/aromatic N) is 6. The molecule has 2 aliphatic heterocycles. The van der Waals surface area contributed by atoms with Crippen LogP contribution in [0.3, 0.4) is 0 Å². The molecule has 158 valence electrons. The Kier molecular flexibility index (Phi) is 4.94. The number of hydrogen-bond donors (Lipinski definition) is 1. The highest BCUT2D eigenvalue weighted by Crippen LogP contribution is 2.41. The van der Waals surface area contributed by atoms with Crippen LogP contribution in [0.15, 0.2) is 18.5 Å². The Hall–Kier alpha value is -2.52. The summed E-state index contributed by atoms with van der Waals surface area (Å²) < 4.78 is 7.03. The second-order valence-corrected chi connectivity index (χ2v) is 9.48. The van der Waals surface area contributed by atoms with E-state index in [1.807, 2.05) is 19.9 Å². The van der Waals surface area contributed by atoms with Gasteiger partial charge in [-0.2, -0.15) is 9.78 Å². The maximum atomic E-state index is 10.5. The normalized spacial score (nSPS) is 18.8. The van der Waals surface area contributed by atoms with Crippen molar-refractivity contribution in [3.63, 3.8) is 0 Å². The molecule has 0 bridgehead atoms. The minimum absolute atomic E-state index is 0.0555. The van der Waals surface area contributed by atoms with E-state index in [-0.39, 0.29) is 5.88 Å². The molecule has 3 aromatic rings. The predicted molar refractivity (Wildman–Crippen MR) is 115 cm³/mol. The third-order valence-corrected chi connectivity index (χ3v) is 7.48. The van der Waals surface area contributed by atoms with Gasteiger partial charge < -0.3 is 14.7 Å². The van der Waals surface area contributed by atoms with Crippen molar-refractivity contribution in [1.29, 1.82) is 0 Å². The van der Waals surface area contributed by atoms with Gasteiger partial charge in [0.1, 0.15) is 17.8 Å². The molecule has 1 N–H and O–H groups in total. The summed E-state index contributed by atoms with van der Waals surface area (Å²) in [6.45, 7) is 7.66.